The van der Waals surface area contributed by atoms with Gasteiger partial charge in [-0.2, -0.15) is 0 Å². The number of ether oxygens (including phenoxy) is 2. The van der Waals surface area contributed by atoms with E-state index in [-0.39, 0.29) is 76.7 Å². The molecule has 2 atom stereocenters. The average molecular weight is 814 g/mol. The molecule has 306 valence electrons. The fourth-order valence-corrected chi connectivity index (χ4v) is 9.42. The lowest BCUT2D eigenvalue weighted by molar-refractivity contribution is -0.152. The summed E-state index contributed by atoms with van der Waals surface area (Å²) in [4.78, 5) is 60.3. The van der Waals surface area contributed by atoms with Gasteiger partial charge in [-0.05, 0) is 83.2 Å². The zero-order valence-electron chi connectivity index (χ0n) is 33.1. The number of fused-ring (bicyclic) bond motifs is 5. The molecule has 60 heavy (non-hydrogen) atoms. The van der Waals surface area contributed by atoms with Crippen LogP contribution in [0.15, 0.2) is 57.8 Å². The molecule has 3 aliphatic rings. The first-order chi connectivity index (χ1) is 28.7. The molecule has 3 aromatic carbocycles. The van der Waals surface area contributed by atoms with E-state index >= 15 is 4.39 Å². The molecule has 14 nitrogen and oxygen atoms in total. The summed E-state index contributed by atoms with van der Waals surface area (Å²) in [5.41, 5.74) is 15.4. The zero-order chi connectivity index (χ0) is 42.5. The molecule has 6 aromatic rings. The lowest BCUT2D eigenvalue weighted by atomic mass is 9.67. The molecule has 0 spiro atoms. The van der Waals surface area contributed by atoms with Crippen molar-refractivity contribution in [3.05, 3.63) is 115 Å². The normalized spacial score (nSPS) is 17.7. The molecule has 0 fully saturated rings. The number of carbonyl (C=O) groups excluding carboxylic acids is 3. The van der Waals surface area contributed by atoms with Crippen LogP contribution in [0, 0.1) is 12.7 Å². The standard InChI is InChI=1S/C45H40FN5O9/c1-5-45(27-9-7-6-8-22(27)38-40(43(56)59-35(54)16-47)50-60-41(38)24-12-23(19(2)3)33(52)15-34(24)53)28-13-32-39-25(17-51(32)42(55)26(28)18-58-44(45)57)36-30(48)11-10-21-20(4)29(46)14-31(49-39)37(21)36/h6-9,12-15,19,30,52-53H,5,10-11,16-18,47-48H2,1-4H3/t30-,45+/m1/s1. The summed E-state index contributed by atoms with van der Waals surface area (Å²) in [5.74, 6) is -4.29. The Labute approximate surface area is 341 Å². The number of nitrogens with zero attached hydrogens (tertiary/aromatic N) is 3. The van der Waals surface area contributed by atoms with E-state index in [1.807, 2.05) is 13.8 Å². The van der Waals surface area contributed by atoms with Crippen molar-refractivity contribution in [3.8, 4) is 45.3 Å². The molecular formula is C45H40FN5O9. The third-order valence-electron chi connectivity index (χ3n) is 12.4. The van der Waals surface area contributed by atoms with E-state index in [0.29, 0.717) is 46.4 Å². The van der Waals surface area contributed by atoms with Gasteiger partial charge in [0.25, 0.3) is 5.56 Å². The number of aromatic nitrogens is 3. The van der Waals surface area contributed by atoms with Crippen molar-refractivity contribution in [3.63, 3.8) is 0 Å². The second kappa shape index (κ2) is 14.0. The predicted octanol–water partition coefficient (Wildman–Crippen LogP) is 6.07. The zero-order valence-corrected chi connectivity index (χ0v) is 33.1. The van der Waals surface area contributed by atoms with Crippen LogP contribution >= 0.6 is 0 Å². The van der Waals surface area contributed by atoms with Crippen LogP contribution in [0.25, 0.3) is 44.7 Å². The van der Waals surface area contributed by atoms with Crippen molar-refractivity contribution in [2.45, 2.75) is 77.5 Å². The van der Waals surface area contributed by atoms with E-state index in [4.69, 9.17) is 30.4 Å². The van der Waals surface area contributed by atoms with E-state index in [1.165, 1.54) is 12.1 Å². The Bertz CT molecular complexity index is 2950. The summed E-state index contributed by atoms with van der Waals surface area (Å²) in [6, 6.07) is 12.0. The van der Waals surface area contributed by atoms with Gasteiger partial charge in [0.15, 0.2) is 11.5 Å². The van der Waals surface area contributed by atoms with Crippen molar-refractivity contribution >= 4 is 28.8 Å². The average Bonchev–Trinajstić information content (AvgIpc) is 3.83. The minimum Gasteiger partial charge on any atom is -0.508 e. The molecule has 5 heterocycles. The van der Waals surface area contributed by atoms with Gasteiger partial charge in [-0.15, -0.1) is 0 Å². The number of phenolic OH excluding ortho intramolecular Hbond substituents is 2. The SMILES string of the molecule is CC[C@@]1(c2ccccc2-c2c(C(=O)OC(=O)CN)noc2-c2cc(C(C)C)c(O)cc2O)C(=O)OCc2c1cc1n(c2=O)Cc2c-1nc1cc(F)c(C)c3c1c2[C@H](N)CC3. The van der Waals surface area contributed by atoms with E-state index in [1.54, 1.807) is 48.7 Å². The van der Waals surface area contributed by atoms with Crippen LogP contribution in [0.1, 0.15) is 101 Å². The largest absolute Gasteiger partial charge is 0.508 e. The number of hydrogen-bond acceptors (Lipinski definition) is 13. The van der Waals surface area contributed by atoms with Crippen LogP contribution in [-0.4, -0.2) is 49.4 Å². The van der Waals surface area contributed by atoms with Crippen molar-refractivity contribution in [2.75, 3.05) is 6.54 Å². The van der Waals surface area contributed by atoms with Gasteiger partial charge in [-0.1, -0.05) is 50.2 Å². The number of halogens is 1. The molecule has 9 rings (SSSR count). The van der Waals surface area contributed by atoms with Gasteiger partial charge >= 0.3 is 17.9 Å². The predicted molar refractivity (Wildman–Crippen MR) is 216 cm³/mol. The number of cyclic esters (lactones) is 1. The Morgan fingerprint density at radius 1 is 1.05 bits per heavy atom. The van der Waals surface area contributed by atoms with Crippen LogP contribution in [0.4, 0.5) is 4.39 Å². The van der Waals surface area contributed by atoms with Crippen molar-refractivity contribution in [1.29, 1.82) is 0 Å². The summed E-state index contributed by atoms with van der Waals surface area (Å²) in [5, 5.41) is 26.7. The van der Waals surface area contributed by atoms with E-state index in [0.717, 1.165) is 28.1 Å². The molecule has 0 saturated heterocycles. The van der Waals surface area contributed by atoms with E-state index < -0.39 is 46.9 Å². The van der Waals surface area contributed by atoms with Crippen molar-refractivity contribution < 1.29 is 43.0 Å². The number of hydrogen-bond donors (Lipinski definition) is 4. The Morgan fingerprint density at radius 3 is 2.55 bits per heavy atom. The Balaban J connectivity index is 1.31. The number of carbonyl (C=O) groups is 3. The van der Waals surface area contributed by atoms with Crippen LogP contribution < -0.4 is 17.0 Å². The van der Waals surface area contributed by atoms with Gasteiger partial charge in [0.2, 0.25) is 0 Å². The number of esters is 3. The van der Waals surface area contributed by atoms with Crippen LogP contribution in [0.5, 0.6) is 11.5 Å². The Kier molecular flexibility index (Phi) is 9.02. The Morgan fingerprint density at radius 2 is 1.82 bits per heavy atom. The van der Waals surface area contributed by atoms with Gasteiger partial charge in [-0.3, -0.25) is 14.4 Å². The smallest absolute Gasteiger partial charge is 0.368 e. The Hall–Kier alpha value is -6.71. The maximum Gasteiger partial charge on any atom is 0.368 e. The number of rotatable bonds is 7. The number of nitrogens with two attached hydrogens (primary N) is 2. The minimum absolute atomic E-state index is 0.0399. The van der Waals surface area contributed by atoms with Crippen LogP contribution in [0.3, 0.4) is 0 Å². The number of benzene rings is 3. The highest BCUT2D eigenvalue weighted by Crippen LogP contribution is 2.51. The summed E-state index contributed by atoms with van der Waals surface area (Å²) in [6.07, 6.45) is 1.23. The third-order valence-corrected chi connectivity index (χ3v) is 12.4. The van der Waals surface area contributed by atoms with Gasteiger partial charge < -0.3 is 40.2 Å². The lowest BCUT2D eigenvalue weighted by Gasteiger charge is -2.38. The summed E-state index contributed by atoms with van der Waals surface area (Å²) >= 11 is 0. The number of pyridine rings is 2. The lowest BCUT2D eigenvalue weighted by Crippen LogP contribution is -2.45. The first-order valence-electron chi connectivity index (χ1n) is 19.7. The number of aromatic hydroxyl groups is 2. The molecular weight excluding hydrogens is 774 g/mol. The first kappa shape index (κ1) is 38.8. The summed E-state index contributed by atoms with van der Waals surface area (Å²) in [7, 11) is 0. The minimum atomic E-state index is -1.71. The van der Waals surface area contributed by atoms with Gasteiger partial charge in [-0.25, -0.2) is 14.2 Å². The highest BCUT2D eigenvalue weighted by Gasteiger charge is 2.50. The second-order valence-electron chi connectivity index (χ2n) is 15.8. The summed E-state index contributed by atoms with van der Waals surface area (Å²) in [6.45, 7) is 6.40. The van der Waals surface area contributed by atoms with E-state index in [2.05, 4.69) is 5.16 Å². The summed E-state index contributed by atoms with van der Waals surface area (Å²) < 4.78 is 33.6. The molecule has 2 aliphatic heterocycles. The van der Waals surface area contributed by atoms with Gasteiger partial charge in [0.05, 0.1) is 46.7 Å². The van der Waals surface area contributed by atoms with E-state index in [9.17, 15) is 29.4 Å². The molecule has 1 aliphatic carbocycles. The maximum atomic E-state index is 15.3. The molecule has 0 radical (unpaired) electrons. The molecule has 0 bridgehead atoms. The number of aryl methyl sites for hydroxylation is 1. The molecule has 6 N–H and O–H groups in total. The second-order valence-corrected chi connectivity index (χ2v) is 15.8. The quantitative estimate of drug-likeness (QED) is 0.106. The topological polar surface area (TPSA) is 223 Å². The monoisotopic (exact) mass is 813 g/mol. The third kappa shape index (κ3) is 5.45. The maximum absolute atomic E-state index is 15.3. The highest BCUT2D eigenvalue weighted by atomic mass is 19.1. The van der Waals surface area contributed by atoms with Gasteiger partial charge in [0.1, 0.15) is 29.3 Å². The first-order valence-corrected chi connectivity index (χ1v) is 19.7. The van der Waals surface area contributed by atoms with Crippen molar-refractivity contribution in [2.24, 2.45) is 11.5 Å². The fraction of sp³-hybridized carbons (Fsp3) is 0.289. The van der Waals surface area contributed by atoms with Crippen LogP contribution in [-0.2, 0) is 44.1 Å². The number of phenols is 2. The van der Waals surface area contributed by atoms with Gasteiger partial charge in [0, 0.05) is 29.1 Å². The molecule has 0 unspecified atom stereocenters. The highest BCUT2D eigenvalue weighted by molar-refractivity contribution is 6.05. The molecule has 3 aromatic heterocycles. The van der Waals surface area contributed by atoms with Crippen LogP contribution in [0.2, 0.25) is 0 Å². The fourth-order valence-electron chi connectivity index (χ4n) is 9.42. The molecule has 0 amide bonds. The molecule has 15 heteroatoms. The van der Waals surface area contributed by atoms with Crippen molar-refractivity contribution in [1.82, 2.24) is 14.7 Å². The molecule has 0 saturated carbocycles.